The number of anilines is 1. The number of hydrogen-bond donors (Lipinski definition) is 1. The van der Waals surface area contributed by atoms with E-state index in [2.05, 4.69) is 25.8 Å². The molecule has 0 aliphatic carbocycles. The van der Waals surface area contributed by atoms with Crippen LogP contribution >= 0.6 is 0 Å². The third kappa shape index (κ3) is 3.39. The van der Waals surface area contributed by atoms with Crippen LogP contribution in [0, 0.1) is 11.3 Å². The van der Waals surface area contributed by atoms with Gasteiger partial charge in [-0.1, -0.05) is 6.07 Å². The fraction of sp³-hybridized carbons (Fsp3) is 0.474. The van der Waals surface area contributed by atoms with Crippen LogP contribution in [0.25, 0.3) is 0 Å². The van der Waals surface area contributed by atoms with Crippen molar-refractivity contribution >= 4 is 5.69 Å². The minimum absolute atomic E-state index is 0.0460. The summed E-state index contributed by atoms with van der Waals surface area (Å²) in [5, 5.41) is 12.6. The van der Waals surface area contributed by atoms with E-state index < -0.39 is 0 Å². The Morgan fingerprint density at radius 3 is 3.20 bits per heavy atom. The molecule has 0 unspecified atom stereocenters. The zero-order valence-corrected chi connectivity index (χ0v) is 14.5. The van der Waals surface area contributed by atoms with Gasteiger partial charge in [-0.25, -0.2) is 4.98 Å². The summed E-state index contributed by atoms with van der Waals surface area (Å²) in [6.07, 6.45) is 5.90. The first-order chi connectivity index (χ1) is 12.2. The van der Waals surface area contributed by atoms with Gasteiger partial charge in [0.05, 0.1) is 36.4 Å². The number of nitrogens with one attached hydrogen (secondary N) is 1. The fourth-order valence-electron chi connectivity index (χ4n) is 3.95. The molecule has 4 rings (SSSR count). The molecule has 1 aromatic heterocycles. The summed E-state index contributed by atoms with van der Waals surface area (Å²) in [7, 11) is 2.04. The van der Waals surface area contributed by atoms with E-state index in [0.29, 0.717) is 18.2 Å². The standard InChI is InChI=1S/C19H23N5O/c1-23-8-6-21-18(23)12-24-7-5-19(14-24)10-17(13-25-19)22-16-4-2-3-15(9-16)11-20/h2-4,6,8-9,17,22H,5,7,10,12-14H2,1H3/t17-,19+/m0/s1. The highest BCUT2D eigenvalue weighted by Gasteiger charge is 2.45. The van der Waals surface area contributed by atoms with E-state index in [1.165, 1.54) is 0 Å². The number of aryl methyl sites for hydroxylation is 1. The molecular formula is C19H23N5O. The molecule has 2 fully saturated rings. The van der Waals surface area contributed by atoms with Crippen molar-refractivity contribution < 1.29 is 4.74 Å². The molecule has 2 atom stereocenters. The highest BCUT2D eigenvalue weighted by atomic mass is 16.5. The second-order valence-electron chi connectivity index (χ2n) is 7.15. The molecule has 25 heavy (non-hydrogen) atoms. The summed E-state index contributed by atoms with van der Waals surface area (Å²) in [6, 6.07) is 10.1. The van der Waals surface area contributed by atoms with Gasteiger partial charge in [-0.05, 0) is 24.6 Å². The summed E-state index contributed by atoms with van der Waals surface area (Å²) in [4.78, 5) is 6.85. The zero-order chi connectivity index (χ0) is 17.3. The van der Waals surface area contributed by atoms with Gasteiger partial charge in [-0.2, -0.15) is 5.26 Å². The lowest BCUT2D eigenvalue weighted by molar-refractivity contribution is 0.0117. The van der Waals surface area contributed by atoms with E-state index in [4.69, 9.17) is 10.00 Å². The van der Waals surface area contributed by atoms with Gasteiger partial charge in [0.2, 0.25) is 0 Å². The lowest BCUT2D eigenvalue weighted by atomic mass is 9.97. The second kappa shape index (κ2) is 6.51. The Kier molecular flexibility index (Phi) is 4.20. The predicted octanol–water partition coefficient (Wildman–Crippen LogP) is 2.14. The molecule has 0 amide bonds. The highest BCUT2D eigenvalue weighted by Crippen LogP contribution is 2.36. The molecule has 130 valence electrons. The molecular weight excluding hydrogens is 314 g/mol. The van der Waals surface area contributed by atoms with Gasteiger partial charge < -0.3 is 14.6 Å². The van der Waals surface area contributed by atoms with E-state index in [9.17, 15) is 0 Å². The summed E-state index contributed by atoms with van der Waals surface area (Å²) in [6.45, 7) is 3.59. The van der Waals surface area contributed by atoms with Crippen LogP contribution < -0.4 is 5.32 Å². The van der Waals surface area contributed by atoms with Crippen LogP contribution in [0.2, 0.25) is 0 Å². The Labute approximate surface area is 148 Å². The van der Waals surface area contributed by atoms with Crippen molar-refractivity contribution in [3.05, 3.63) is 48.0 Å². The third-order valence-corrected chi connectivity index (χ3v) is 5.25. The molecule has 1 N–H and O–H groups in total. The number of nitriles is 1. The van der Waals surface area contributed by atoms with Gasteiger partial charge in [-0.15, -0.1) is 0 Å². The van der Waals surface area contributed by atoms with Crippen molar-refractivity contribution in [2.24, 2.45) is 7.05 Å². The smallest absolute Gasteiger partial charge is 0.122 e. The van der Waals surface area contributed by atoms with Gasteiger partial charge in [0, 0.05) is 44.6 Å². The number of nitrogens with zero attached hydrogens (tertiary/aromatic N) is 4. The van der Waals surface area contributed by atoms with Crippen LogP contribution in [0.5, 0.6) is 0 Å². The van der Waals surface area contributed by atoms with E-state index in [-0.39, 0.29) is 5.60 Å². The molecule has 0 saturated carbocycles. The molecule has 2 saturated heterocycles. The van der Waals surface area contributed by atoms with Gasteiger partial charge in [0.15, 0.2) is 0 Å². The van der Waals surface area contributed by atoms with Crippen LogP contribution in [-0.2, 0) is 18.3 Å². The van der Waals surface area contributed by atoms with Gasteiger partial charge in [0.25, 0.3) is 0 Å². The lowest BCUT2D eigenvalue weighted by Gasteiger charge is -2.23. The Balaban J connectivity index is 1.36. The molecule has 2 aliphatic heterocycles. The summed E-state index contributed by atoms with van der Waals surface area (Å²) in [5.74, 6) is 1.10. The summed E-state index contributed by atoms with van der Waals surface area (Å²) < 4.78 is 8.30. The van der Waals surface area contributed by atoms with E-state index in [0.717, 1.165) is 44.0 Å². The van der Waals surface area contributed by atoms with Gasteiger partial charge >= 0.3 is 0 Å². The maximum absolute atomic E-state index is 9.03. The van der Waals surface area contributed by atoms with E-state index in [1.807, 2.05) is 43.7 Å². The number of likely N-dealkylation sites (tertiary alicyclic amines) is 1. The maximum Gasteiger partial charge on any atom is 0.122 e. The normalized spacial score (nSPS) is 26.2. The largest absolute Gasteiger partial charge is 0.380 e. The van der Waals surface area contributed by atoms with Crippen molar-refractivity contribution in [3.8, 4) is 6.07 Å². The number of aromatic nitrogens is 2. The molecule has 0 radical (unpaired) electrons. The van der Waals surface area contributed by atoms with Crippen LogP contribution in [0.1, 0.15) is 24.2 Å². The minimum atomic E-state index is -0.0460. The number of benzene rings is 1. The summed E-state index contributed by atoms with van der Waals surface area (Å²) >= 11 is 0. The number of ether oxygens (including phenoxy) is 1. The topological polar surface area (TPSA) is 66.1 Å². The molecule has 0 bridgehead atoms. The maximum atomic E-state index is 9.03. The van der Waals surface area contributed by atoms with E-state index in [1.54, 1.807) is 0 Å². The Morgan fingerprint density at radius 1 is 1.48 bits per heavy atom. The predicted molar refractivity (Wildman–Crippen MR) is 95.0 cm³/mol. The summed E-state index contributed by atoms with van der Waals surface area (Å²) in [5.41, 5.74) is 1.63. The zero-order valence-electron chi connectivity index (χ0n) is 14.5. The van der Waals surface area contributed by atoms with Crippen LogP contribution in [-0.4, -0.2) is 45.8 Å². The van der Waals surface area contributed by atoms with Crippen molar-refractivity contribution in [2.45, 2.75) is 31.0 Å². The van der Waals surface area contributed by atoms with Crippen LogP contribution in [0.4, 0.5) is 5.69 Å². The first-order valence-corrected chi connectivity index (χ1v) is 8.75. The Bertz CT molecular complexity index is 795. The minimum Gasteiger partial charge on any atom is -0.380 e. The number of hydrogen-bond acceptors (Lipinski definition) is 5. The second-order valence-corrected chi connectivity index (χ2v) is 7.15. The quantitative estimate of drug-likeness (QED) is 0.926. The van der Waals surface area contributed by atoms with Gasteiger partial charge in [0.1, 0.15) is 5.82 Å². The van der Waals surface area contributed by atoms with Crippen molar-refractivity contribution in [1.29, 1.82) is 5.26 Å². The molecule has 2 aromatic rings. The first kappa shape index (κ1) is 16.1. The Morgan fingerprint density at radius 2 is 2.40 bits per heavy atom. The SMILES string of the molecule is Cn1ccnc1CN1CC[C@@]2(C[C@H](Nc3cccc(C#N)c3)CO2)C1. The molecule has 6 heteroatoms. The molecule has 3 heterocycles. The molecule has 1 aromatic carbocycles. The molecule has 2 aliphatic rings. The monoisotopic (exact) mass is 337 g/mol. The van der Waals surface area contributed by atoms with E-state index >= 15 is 0 Å². The van der Waals surface area contributed by atoms with Crippen LogP contribution in [0.3, 0.4) is 0 Å². The number of imidazole rings is 1. The average molecular weight is 337 g/mol. The number of rotatable bonds is 4. The van der Waals surface area contributed by atoms with Crippen molar-refractivity contribution in [3.63, 3.8) is 0 Å². The van der Waals surface area contributed by atoms with Crippen LogP contribution in [0.15, 0.2) is 36.7 Å². The lowest BCUT2D eigenvalue weighted by Crippen LogP contribution is -2.33. The molecule has 1 spiro atoms. The Hall–Kier alpha value is -2.36. The average Bonchev–Trinajstić information content (AvgIpc) is 3.31. The fourth-order valence-corrected chi connectivity index (χ4v) is 3.95. The third-order valence-electron chi connectivity index (χ3n) is 5.25. The highest BCUT2D eigenvalue weighted by molar-refractivity contribution is 5.50. The first-order valence-electron chi connectivity index (χ1n) is 8.75. The van der Waals surface area contributed by atoms with Gasteiger partial charge in [-0.3, -0.25) is 4.90 Å². The van der Waals surface area contributed by atoms with Crippen molar-refractivity contribution in [1.82, 2.24) is 14.5 Å². The molecule has 6 nitrogen and oxygen atoms in total. The van der Waals surface area contributed by atoms with Crippen molar-refractivity contribution in [2.75, 3.05) is 25.0 Å².